The normalized spacial score (nSPS) is 19.2. The van der Waals surface area contributed by atoms with Crippen LogP contribution in [0.5, 0.6) is 0 Å². The monoisotopic (exact) mass is 377 g/mol. The second kappa shape index (κ2) is 9.37. The molecule has 4 nitrogen and oxygen atoms in total. The molecule has 6 heteroatoms. The first kappa shape index (κ1) is 19.9. The van der Waals surface area contributed by atoms with E-state index in [1.165, 1.54) is 17.7 Å². The van der Waals surface area contributed by atoms with Crippen molar-refractivity contribution in [3.63, 3.8) is 0 Å². The summed E-state index contributed by atoms with van der Waals surface area (Å²) in [5, 5.41) is 10.2. The molecule has 0 amide bonds. The zero-order valence-corrected chi connectivity index (χ0v) is 15.4. The van der Waals surface area contributed by atoms with Gasteiger partial charge < -0.3 is 14.6 Å². The lowest BCUT2D eigenvalue weighted by atomic mass is 10.1. The molecular formula is C21H25F2NO3. The van der Waals surface area contributed by atoms with E-state index in [1.54, 1.807) is 0 Å². The van der Waals surface area contributed by atoms with Gasteiger partial charge in [0.2, 0.25) is 0 Å². The molecule has 2 aromatic rings. The molecule has 1 saturated heterocycles. The molecule has 0 bridgehead atoms. The number of ether oxygens (including phenoxy) is 2. The van der Waals surface area contributed by atoms with Crippen LogP contribution in [-0.4, -0.2) is 49.0 Å². The van der Waals surface area contributed by atoms with Gasteiger partial charge in [0.25, 0.3) is 0 Å². The van der Waals surface area contributed by atoms with E-state index in [9.17, 15) is 13.9 Å². The van der Waals surface area contributed by atoms with E-state index in [0.717, 1.165) is 11.6 Å². The summed E-state index contributed by atoms with van der Waals surface area (Å²) in [5.74, 6) is -1.75. The smallest absolute Gasteiger partial charge is 0.159 e. The number of benzene rings is 2. The van der Waals surface area contributed by atoms with E-state index in [2.05, 4.69) is 4.90 Å². The van der Waals surface area contributed by atoms with E-state index in [-0.39, 0.29) is 12.7 Å². The third-order valence-electron chi connectivity index (χ3n) is 4.63. The maximum absolute atomic E-state index is 13.4. The molecule has 0 aliphatic carbocycles. The van der Waals surface area contributed by atoms with E-state index in [1.807, 2.05) is 31.2 Å². The van der Waals surface area contributed by atoms with Crippen molar-refractivity contribution in [2.75, 3.05) is 32.8 Å². The van der Waals surface area contributed by atoms with Gasteiger partial charge in [0.05, 0.1) is 32.0 Å². The Morgan fingerprint density at radius 1 is 1.19 bits per heavy atom. The number of aryl methyl sites for hydroxylation is 1. The highest BCUT2D eigenvalue weighted by atomic mass is 19.2. The van der Waals surface area contributed by atoms with Crippen LogP contribution in [0.4, 0.5) is 8.78 Å². The van der Waals surface area contributed by atoms with Crippen LogP contribution in [0, 0.1) is 18.6 Å². The third kappa shape index (κ3) is 5.81. The van der Waals surface area contributed by atoms with Crippen LogP contribution >= 0.6 is 0 Å². The van der Waals surface area contributed by atoms with Crippen molar-refractivity contribution in [1.29, 1.82) is 0 Å². The van der Waals surface area contributed by atoms with Gasteiger partial charge in [0.1, 0.15) is 0 Å². The summed E-state index contributed by atoms with van der Waals surface area (Å²) in [4.78, 5) is 2.05. The molecule has 2 atom stereocenters. The van der Waals surface area contributed by atoms with Crippen molar-refractivity contribution in [3.05, 3.63) is 70.8 Å². The summed E-state index contributed by atoms with van der Waals surface area (Å²) in [6.45, 7) is 4.83. The number of rotatable bonds is 7. The standard InChI is InChI=1S/C21H25F2NO3/c1-15-2-4-16(5-3-15)13-26-14-18(25)11-24-8-9-27-21(12-24)17-6-7-19(22)20(23)10-17/h2-7,10,18,21,25H,8-9,11-14H2,1H3. The molecule has 2 unspecified atom stereocenters. The predicted molar refractivity (Wildman–Crippen MR) is 98.3 cm³/mol. The zero-order valence-electron chi connectivity index (χ0n) is 15.4. The van der Waals surface area contributed by atoms with Gasteiger partial charge in [-0.25, -0.2) is 8.78 Å². The third-order valence-corrected chi connectivity index (χ3v) is 4.63. The topological polar surface area (TPSA) is 41.9 Å². The minimum absolute atomic E-state index is 0.237. The van der Waals surface area contributed by atoms with Crippen molar-refractivity contribution in [2.24, 2.45) is 0 Å². The molecule has 0 saturated carbocycles. The number of hydrogen-bond donors (Lipinski definition) is 1. The molecule has 0 aromatic heterocycles. The quantitative estimate of drug-likeness (QED) is 0.805. The molecule has 1 N–H and O–H groups in total. The van der Waals surface area contributed by atoms with Crippen LogP contribution in [0.15, 0.2) is 42.5 Å². The van der Waals surface area contributed by atoms with Crippen molar-refractivity contribution in [1.82, 2.24) is 4.90 Å². The summed E-state index contributed by atoms with van der Waals surface area (Å²) in [5.41, 5.74) is 2.86. The fourth-order valence-electron chi connectivity index (χ4n) is 3.13. The molecule has 146 valence electrons. The van der Waals surface area contributed by atoms with E-state index < -0.39 is 17.7 Å². The Morgan fingerprint density at radius 3 is 2.70 bits per heavy atom. The maximum atomic E-state index is 13.4. The van der Waals surface area contributed by atoms with Crippen LogP contribution in [0.3, 0.4) is 0 Å². The molecule has 1 aliphatic heterocycles. The highest BCUT2D eigenvalue weighted by Gasteiger charge is 2.24. The van der Waals surface area contributed by atoms with Gasteiger partial charge in [-0.2, -0.15) is 0 Å². The predicted octanol–water partition coefficient (Wildman–Crippen LogP) is 3.22. The number of β-amino-alcohol motifs (C(OH)–C–C–N with tert-alkyl or cyclic N) is 1. The number of aliphatic hydroxyl groups excluding tert-OH is 1. The number of halogens is 2. The first-order chi connectivity index (χ1) is 13.0. The lowest BCUT2D eigenvalue weighted by Crippen LogP contribution is -2.43. The van der Waals surface area contributed by atoms with Gasteiger partial charge in [0.15, 0.2) is 11.6 Å². The number of aliphatic hydroxyl groups is 1. The van der Waals surface area contributed by atoms with Crippen LogP contribution in [0.25, 0.3) is 0 Å². The van der Waals surface area contributed by atoms with E-state index in [4.69, 9.17) is 9.47 Å². The first-order valence-electron chi connectivity index (χ1n) is 9.11. The van der Waals surface area contributed by atoms with E-state index >= 15 is 0 Å². The Balaban J connectivity index is 1.45. The Labute approximate surface area is 158 Å². The minimum Gasteiger partial charge on any atom is -0.389 e. The molecule has 1 heterocycles. The van der Waals surface area contributed by atoms with Crippen LogP contribution < -0.4 is 0 Å². The van der Waals surface area contributed by atoms with Crippen LogP contribution in [0.1, 0.15) is 22.8 Å². The summed E-state index contributed by atoms with van der Waals surface area (Å²) >= 11 is 0. The largest absolute Gasteiger partial charge is 0.389 e. The lowest BCUT2D eigenvalue weighted by molar-refractivity contribution is -0.0537. The fraction of sp³-hybridized carbons (Fsp3) is 0.429. The fourth-order valence-corrected chi connectivity index (χ4v) is 3.13. The average Bonchev–Trinajstić information content (AvgIpc) is 2.66. The minimum atomic E-state index is -0.877. The zero-order chi connectivity index (χ0) is 19.2. The SMILES string of the molecule is Cc1ccc(COCC(O)CN2CCOC(c3ccc(F)c(F)c3)C2)cc1. The van der Waals surface area contributed by atoms with Crippen molar-refractivity contribution >= 4 is 0 Å². The molecular weight excluding hydrogens is 352 g/mol. The maximum Gasteiger partial charge on any atom is 0.159 e. The summed E-state index contributed by atoms with van der Waals surface area (Å²) < 4.78 is 37.8. The van der Waals surface area contributed by atoms with E-state index in [0.29, 0.717) is 38.4 Å². The Morgan fingerprint density at radius 2 is 1.96 bits per heavy atom. The molecule has 3 rings (SSSR count). The second-order valence-electron chi connectivity index (χ2n) is 6.95. The summed E-state index contributed by atoms with van der Waals surface area (Å²) in [6, 6.07) is 11.9. The van der Waals surface area contributed by atoms with Gasteiger partial charge in [-0.1, -0.05) is 35.9 Å². The van der Waals surface area contributed by atoms with Crippen LogP contribution in [0.2, 0.25) is 0 Å². The van der Waals surface area contributed by atoms with Gasteiger partial charge in [-0.3, -0.25) is 4.90 Å². The van der Waals surface area contributed by atoms with Gasteiger partial charge in [-0.05, 0) is 30.2 Å². The lowest BCUT2D eigenvalue weighted by Gasteiger charge is -2.34. The van der Waals surface area contributed by atoms with Crippen LogP contribution in [-0.2, 0) is 16.1 Å². The summed E-state index contributed by atoms with van der Waals surface area (Å²) in [6.07, 6.45) is -0.964. The Bertz CT molecular complexity index is 739. The molecule has 1 aliphatic rings. The average molecular weight is 377 g/mol. The van der Waals surface area contributed by atoms with Crippen molar-refractivity contribution in [2.45, 2.75) is 25.7 Å². The van der Waals surface area contributed by atoms with Crippen molar-refractivity contribution < 1.29 is 23.4 Å². The first-order valence-corrected chi connectivity index (χ1v) is 9.11. The molecule has 0 spiro atoms. The number of morpholine rings is 1. The Kier molecular flexibility index (Phi) is 6.90. The molecule has 0 radical (unpaired) electrons. The highest BCUT2D eigenvalue weighted by molar-refractivity contribution is 5.21. The van der Waals surface area contributed by atoms with Gasteiger partial charge in [0, 0.05) is 19.6 Å². The van der Waals surface area contributed by atoms with Crippen molar-refractivity contribution in [3.8, 4) is 0 Å². The summed E-state index contributed by atoms with van der Waals surface area (Å²) in [7, 11) is 0. The van der Waals surface area contributed by atoms with Gasteiger partial charge >= 0.3 is 0 Å². The highest BCUT2D eigenvalue weighted by Crippen LogP contribution is 2.24. The number of nitrogens with zero attached hydrogens (tertiary/aromatic N) is 1. The molecule has 1 fully saturated rings. The van der Waals surface area contributed by atoms with Gasteiger partial charge in [-0.15, -0.1) is 0 Å². The number of hydrogen-bond acceptors (Lipinski definition) is 4. The molecule has 2 aromatic carbocycles. The second-order valence-corrected chi connectivity index (χ2v) is 6.95. The molecule has 27 heavy (non-hydrogen) atoms. The Hall–Kier alpha value is -1.86.